The maximum Gasteiger partial charge on any atom is 0.279 e. The van der Waals surface area contributed by atoms with Gasteiger partial charge in [-0.3, -0.25) is 4.79 Å². The van der Waals surface area contributed by atoms with Crippen LogP contribution >= 0.6 is 11.3 Å². The molecule has 1 aromatic carbocycles. The van der Waals surface area contributed by atoms with Crippen molar-refractivity contribution in [2.45, 2.75) is 0 Å². The van der Waals surface area contributed by atoms with Crippen LogP contribution in [-0.4, -0.2) is 51.2 Å². The molecule has 0 saturated carbocycles. The van der Waals surface area contributed by atoms with Gasteiger partial charge in [0.05, 0.1) is 30.1 Å². The molecule has 2 aromatic rings. The molecule has 1 saturated heterocycles. The molecule has 7 heteroatoms. The first-order valence-electron chi connectivity index (χ1n) is 8.15. The number of rotatable bonds is 3. The molecule has 2 aliphatic rings. The Hall–Kier alpha value is -2.51. The number of carbonyl (C=O) groups excluding carboxylic acids is 1. The number of carbonyl (C=O) groups is 1. The van der Waals surface area contributed by atoms with Crippen molar-refractivity contribution in [2.24, 2.45) is 10.2 Å². The van der Waals surface area contributed by atoms with E-state index in [9.17, 15) is 4.79 Å². The molecular weight excluding hydrogens is 336 g/mol. The van der Waals surface area contributed by atoms with Crippen LogP contribution in [0, 0.1) is 0 Å². The lowest BCUT2D eigenvalue weighted by Crippen LogP contribution is -2.35. The lowest BCUT2D eigenvalue weighted by molar-refractivity contribution is -0.111. The summed E-state index contributed by atoms with van der Waals surface area (Å²) in [7, 11) is 1.75. The molecule has 2 aliphatic heterocycles. The van der Waals surface area contributed by atoms with E-state index >= 15 is 0 Å². The second-order valence-corrected chi connectivity index (χ2v) is 6.94. The minimum absolute atomic E-state index is 0.126. The van der Waals surface area contributed by atoms with Gasteiger partial charge in [0.15, 0.2) is 5.71 Å². The molecule has 1 fully saturated rings. The number of hydrogen-bond acceptors (Lipinski definition) is 6. The van der Waals surface area contributed by atoms with Crippen molar-refractivity contribution < 1.29 is 9.53 Å². The summed E-state index contributed by atoms with van der Waals surface area (Å²) in [4.78, 5) is 17.2. The zero-order chi connectivity index (χ0) is 17.2. The number of amides is 1. The number of likely N-dealkylation sites (N-methyl/N-ethyl adjacent to an activating group) is 1. The summed E-state index contributed by atoms with van der Waals surface area (Å²) >= 11 is 1.67. The highest BCUT2D eigenvalue weighted by Gasteiger charge is 2.30. The van der Waals surface area contributed by atoms with Gasteiger partial charge in [0.1, 0.15) is 0 Å². The molecule has 25 heavy (non-hydrogen) atoms. The number of hydrogen-bond donors (Lipinski definition) is 0. The molecular formula is C18H18N4O2S. The molecule has 0 atom stereocenters. The van der Waals surface area contributed by atoms with Gasteiger partial charge >= 0.3 is 0 Å². The summed E-state index contributed by atoms with van der Waals surface area (Å²) in [6.45, 7) is 3.36. The van der Waals surface area contributed by atoms with E-state index in [4.69, 9.17) is 4.74 Å². The number of morpholine rings is 1. The molecule has 1 aromatic heterocycles. The zero-order valence-electron chi connectivity index (χ0n) is 13.9. The largest absolute Gasteiger partial charge is 0.378 e. The van der Waals surface area contributed by atoms with Crippen molar-refractivity contribution >= 4 is 39.9 Å². The number of anilines is 2. The SMILES string of the molecule is CN1C(=O)/C(=N/N=C\c2ccc(N3CCOCC3)s2)c2ccccc21. The Kier molecular flexibility index (Phi) is 4.33. The fourth-order valence-electron chi connectivity index (χ4n) is 2.96. The Morgan fingerprint density at radius 3 is 2.80 bits per heavy atom. The first-order chi connectivity index (χ1) is 12.2. The van der Waals surface area contributed by atoms with Gasteiger partial charge in [-0.15, -0.1) is 16.4 Å². The Bertz CT molecular complexity index is 852. The van der Waals surface area contributed by atoms with Crippen molar-refractivity contribution in [1.29, 1.82) is 0 Å². The fourth-order valence-corrected chi connectivity index (χ4v) is 3.88. The van der Waals surface area contributed by atoms with Gasteiger partial charge in [0, 0.05) is 30.6 Å². The number of fused-ring (bicyclic) bond motifs is 1. The highest BCUT2D eigenvalue weighted by atomic mass is 32.1. The molecule has 128 valence electrons. The van der Waals surface area contributed by atoms with E-state index in [1.54, 1.807) is 29.5 Å². The lowest BCUT2D eigenvalue weighted by atomic mass is 10.1. The molecule has 3 heterocycles. The van der Waals surface area contributed by atoms with Gasteiger partial charge in [-0.25, -0.2) is 0 Å². The smallest absolute Gasteiger partial charge is 0.279 e. The lowest BCUT2D eigenvalue weighted by Gasteiger charge is -2.27. The molecule has 0 N–H and O–H groups in total. The zero-order valence-corrected chi connectivity index (χ0v) is 14.7. The van der Waals surface area contributed by atoms with E-state index in [1.807, 2.05) is 30.3 Å². The first-order valence-corrected chi connectivity index (χ1v) is 8.97. The maximum atomic E-state index is 12.3. The summed E-state index contributed by atoms with van der Waals surface area (Å²) in [5, 5.41) is 9.54. The second-order valence-electron chi connectivity index (χ2n) is 5.85. The van der Waals surface area contributed by atoms with Crippen molar-refractivity contribution in [3.8, 4) is 0 Å². The molecule has 0 unspecified atom stereocenters. The van der Waals surface area contributed by atoms with Crippen LogP contribution in [0.3, 0.4) is 0 Å². The van der Waals surface area contributed by atoms with Crippen LogP contribution in [0.5, 0.6) is 0 Å². The summed E-state index contributed by atoms with van der Waals surface area (Å²) in [6.07, 6.45) is 1.70. The van der Waals surface area contributed by atoms with Crippen molar-refractivity contribution in [2.75, 3.05) is 43.2 Å². The Labute approximate surface area is 150 Å². The van der Waals surface area contributed by atoms with Crippen LogP contribution in [0.4, 0.5) is 10.7 Å². The number of thiophene rings is 1. The fraction of sp³-hybridized carbons (Fsp3) is 0.278. The topological polar surface area (TPSA) is 57.5 Å². The van der Waals surface area contributed by atoms with Crippen molar-refractivity contribution in [3.05, 3.63) is 46.8 Å². The summed E-state index contributed by atoms with van der Waals surface area (Å²) < 4.78 is 5.38. The predicted molar refractivity (Wildman–Crippen MR) is 101 cm³/mol. The van der Waals surface area contributed by atoms with Gasteiger partial charge < -0.3 is 14.5 Å². The van der Waals surface area contributed by atoms with Gasteiger partial charge in [-0.1, -0.05) is 18.2 Å². The van der Waals surface area contributed by atoms with E-state index in [2.05, 4.69) is 21.2 Å². The third kappa shape index (κ3) is 3.08. The quantitative estimate of drug-likeness (QED) is 0.628. The Morgan fingerprint density at radius 1 is 1.16 bits per heavy atom. The second kappa shape index (κ2) is 6.78. The van der Waals surface area contributed by atoms with E-state index < -0.39 is 0 Å². The molecule has 4 rings (SSSR count). The molecule has 0 spiro atoms. The third-order valence-corrected chi connectivity index (χ3v) is 5.39. The maximum absolute atomic E-state index is 12.3. The van der Waals surface area contributed by atoms with Crippen LogP contribution in [0.1, 0.15) is 10.4 Å². The van der Waals surface area contributed by atoms with E-state index in [-0.39, 0.29) is 5.91 Å². The molecule has 0 bridgehead atoms. The van der Waals surface area contributed by atoms with Crippen LogP contribution < -0.4 is 9.80 Å². The van der Waals surface area contributed by atoms with Crippen LogP contribution in [0.2, 0.25) is 0 Å². The number of benzene rings is 1. The Morgan fingerprint density at radius 2 is 1.96 bits per heavy atom. The molecule has 6 nitrogen and oxygen atoms in total. The van der Waals surface area contributed by atoms with Gasteiger partial charge in [0.2, 0.25) is 0 Å². The average Bonchev–Trinajstić information content (AvgIpc) is 3.22. The van der Waals surface area contributed by atoms with Gasteiger partial charge in [0.25, 0.3) is 5.91 Å². The van der Waals surface area contributed by atoms with E-state index in [1.165, 1.54) is 5.00 Å². The highest BCUT2D eigenvalue weighted by Crippen LogP contribution is 2.28. The number of para-hydroxylation sites is 1. The van der Waals surface area contributed by atoms with E-state index in [0.29, 0.717) is 5.71 Å². The summed E-state index contributed by atoms with van der Waals surface area (Å²) in [5.74, 6) is -0.126. The van der Waals surface area contributed by atoms with Crippen LogP contribution in [0.15, 0.2) is 46.6 Å². The standard InChI is InChI=1S/C18H18N4O2S/c1-21-15-5-3-2-4-14(15)17(18(21)23)20-19-12-13-6-7-16(25-13)22-8-10-24-11-9-22/h2-7,12H,8-11H2,1H3/b19-12-,20-17+. The first kappa shape index (κ1) is 16.0. The summed E-state index contributed by atoms with van der Waals surface area (Å²) in [6, 6.07) is 11.7. The molecule has 0 aliphatic carbocycles. The average molecular weight is 354 g/mol. The third-order valence-electron chi connectivity index (χ3n) is 4.31. The number of nitrogens with zero attached hydrogens (tertiary/aromatic N) is 4. The monoisotopic (exact) mass is 354 g/mol. The normalized spacial score (nSPS) is 19.2. The molecule has 1 amide bonds. The van der Waals surface area contributed by atoms with Gasteiger partial charge in [-0.05, 0) is 18.2 Å². The van der Waals surface area contributed by atoms with Crippen LogP contribution in [-0.2, 0) is 9.53 Å². The summed E-state index contributed by atoms with van der Waals surface area (Å²) in [5.41, 5.74) is 2.08. The molecule has 0 radical (unpaired) electrons. The predicted octanol–water partition coefficient (Wildman–Crippen LogP) is 2.38. The minimum atomic E-state index is -0.126. The van der Waals surface area contributed by atoms with E-state index in [0.717, 1.165) is 42.4 Å². The van der Waals surface area contributed by atoms with Crippen molar-refractivity contribution in [1.82, 2.24) is 0 Å². The highest BCUT2D eigenvalue weighted by molar-refractivity contribution is 7.17. The minimum Gasteiger partial charge on any atom is -0.378 e. The Balaban J connectivity index is 1.52. The van der Waals surface area contributed by atoms with Crippen LogP contribution in [0.25, 0.3) is 0 Å². The van der Waals surface area contributed by atoms with Crippen molar-refractivity contribution in [3.63, 3.8) is 0 Å². The number of ether oxygens (including phenoxy) is 1. The van der Waals surface area contributed by atoms with Gasteiger partial charge in [-0.2, -0.15) is 5.10 Å².